The number of hydrogen-bond acceptors (Lipinski definition) is 3. The standard InChI is InChI=1S/C20H20F3N3O/c1-13(19-24-16-4-2-3-5-17(16)26(19)20(22)23)25-10-11-27-18(12-25)14-6-8-15(21)9-7-14/h2-9,13,18,20H,10-12H2,1H3/t13-,18+/m1/s1. The molecule has 2 aromatic carbocycles. The van der Waals surface area contributed by atoms with Gasteiger partial charge >= 0.3 is 6.55 Å². The summed E-state index contributed by atoms with van der Waals surface area (Å²) in [6, 6.07) is 12.8. The van der Waals surface area contributed by atoms with Crippen LogP contribution >= 0.6 is 0 Å². The lowest BCUT2D eigenvalue weighted by molar-refractivity contribution is -0.0461. The van der Waals surface area contributed by atoms with Crippen LogP contribution in [0, 0.1) is 5.82 Å². The lowest BCUT2D eigenvalue weighted by Crippen LogP contribution is -2.40. The molecule has 0 aliphatic carbocycles. The van der Waals surface area contributed by atoms with Gasteiger partial charge in [0, 0.05) is 13.1 Å². The highest BCUT2D eigenvalue weighted by Crippen LogP contribution is 2.32. The average molecular weight is 375 g/mol. The van der Waals surface area contributed by atoms with Crippen molar-refractivity contribution in [2.24, 2.45) is 0 Å². The quantitative estimate of drug-likeness (QED) is 0.662. The van der Waals surface area contributed by atoms with Crippen molar-refractivity contribution in [2.75, 3.05) is 19.7 Å². The third-order valence-corrected chi connectivity index (χ3v) is 5.08. The fourth-order valence-corrected chi connectivity index (χ4v) is 3.63. The third-order valence-electron chi connectivity index (χ3n) is 5.08. The van der Waals surface area contributed by atoms with Crippen LogP contribution in [0.25, 0.3) is 11.0 Å². The first-order valence-corrected chi connectivity index (χ1v) is 8.90. The van der Waals surface area contributed by atoms with Gasteiger partial charge in [0.25, 0.3) is 0 Å². The first-order valence-electron chi connectivity index (χ1n) is 8.90. The van der Waals surface area contributed by atoms with Crippen LogP contribution in [0.4, 0.5) is 13.2 Å². The Morgan fingerprint density at radius 1 is 1.11 bits per heavy atom. The third kappa shape index (κ3) is 3.44. The van der Waals surface area contributed by atoms with Crippen molar-refractivity contribution >= 4 is 11.0 Å². The summed E-state index contributed by atoms with van der Waals surface area (Å²) < 4.78 is 47.5. The van der Waals surface area contributed by atoms with Gasteiger partial charge in [-0.25, -0.2) is 9.37 Å². The molecule has 0 bridgehead atoms. The Hall–Kier alpha value is -2.38. The number of benzene rings is 2. The van der Waals surface area contributed by atoms with Crippen LogP contribution in [-0.4, -0.2) is 34.1 Å². The van der Waals surface area contributed by atoms with Crippen LogP contribution < -0.4 is 0 Å². The van der Waals surface area contributed by atoms with E-state index in [0.29, 0.717) is 36.6 Å². The molecule has 3 aromatic rings. The van der Waals surface area contributed by atoms with Crippen molar-refractivity contribution < 1.29 is 17.9 Å². The van der Waals surface area contributed by atoms with Gasteiger partial charge in [0.15, 0.2) is 0 Å². The Morgan fingerprint density at radius 3 is 2.59 bits per heavy atom. The number of nitrogens with zero attached hydrogens (tertiary/aromatic N) is 3. The first kappa shape index (κ1) is 18.0. The van der Waals surface area contributed by atoms with Crippen LogP contribution in [0.5, 0.6) is 0 Å². The van der Waals surface area contributed by atoms with Gasteiger partial charge in [-0.2, -0.15) is 8.78 Å². The van der Waals surface area contributed by atoms with E-state index in [1.54, 1.807) is 36.4 Å². The number of alkyl halides is 2. The number of halogens is 3. The van der Waals surface area contributed by atoms with Gasteiger partial charge in [-0.3, -0.25) is 9.47 Å². The summed E-state index contributed by atoms with van der Waals surface area (Å²) in [4.78, 5) is 6.55. The molecule has 1 aliphatic heterocycles. The summed E-state index contributed by atoms with van der Waals surface area (Å²) in [5.74, 6) is 0.0383. The molecule has 142 valence electrons. The highest BCUT2D eigenvalue weighted by Gasteiger charge is 2.30. The van der Waals surface area contributed by atoms with Crippen LogP contribution in [0.15, 0.2) is 48.5 Å². The van der Waals surface area contributed by atoms with Crippen LogP contribution in [-0.2, 0) is 4.74 Å². The second-order valence-electron chi connectivity index (χ2n) is 6.69. The fourth-order valence-electron chi connectivity index (χ4n) is 3.63. The molecule has 4 nitrogen and oxygen atoms in total. The number of aromatic nitrogens is 2. The Bertz CT molecular complexity index is 926. The fraction of sp³-hybridized carbons (Fsp3) is 0.350. The molecular formula is C20H20F3N3O. The minimum atomic E-state index is -2.66. The van der Waals surface area contributed by atoms with E-state index in [2.05, 4.69) is 9.88 Å². The Morgan fingerprint density at radius 2 is 1.85 bits per heavy atom. The molecule has 1 aliphatic rings. The topological polar surface area (TPSA) is 30.3 Å². The highest BCUT2D eigenvalue weighted by molar-refractivity contribution is 5.76. The van der Waals surface area contributed by atoms with Gasteiger partial charge in [0.2, 0.25) is 0 Å². The van der Waals surface area contributed by atoms with Crippen LogP contribution in [0.3, 0.4) is 0 Å². The number of morpholine rings is 1. The maximum atomic E-state index is 13.7. The van der Waals surface area contributed by atoms with Crippen molar-refractivity contribution in [2.45, 2.75) is 25.6 Å². The predicted molar refractivity (Wildman–Crippen MR) is 96.1 cm³/mol. The van der Waals surface area contributed by atoms with Gasteiger partial charge in [0.05, 0.1) is 29.8 Å². The van der Waals surface area contributed by atoms with E-state index in [1.807, 2.05) is 6.92 Å². The lowest BCUT2D eigenvalue weighted by atomic mass is 10.1. The number of ether oxygens (including phenoxy) is 1. The molecule has 0 radical (unpaired) electrons. The first-order chi connectivity index (χ1) is 13.0. The largest absolute Gasteiger partial charge is 0.371 e. The van der Waals surface area contributed by atoms with E-state index >= 15 is 0 Å². The minimum Gasteiger partial charge on any atom is -0.371 e. The summed E-state index contributed by atoms with van der Waals surface area (Å²) in [6.45, 7) is 0.836. The molecule has 1 fully saturated rings. The minimum absolute atomic E-state index is 0.230. The molecule has 0 N–H and O–H groups in total. The van der Waals surface area contributed by atoms with Gasteiger partial charge in [-0.1, -0.05) is 24.3 Å². The van der Waals surface area contributed by atoms with Crippen LogP contribution in [0.1, 0.15) is 37.0 Å². The van der Waals surface area contributed by atoms with Gasteiger partial charge in [-0.15, -0.1) is 0 Å². The zero-order valence-corrected chi connectivity index (χ0v) is 14.9. The maximum Gasteiger partial charge on any atom is 0.320 e. The predicted octanol–water partition coefficient (Wildman–Crippen LogP) is 4.71. The number of rotatable bonds is 4. The molecule has 1 saturated heterocycles. The second-order valence-corrected chi connectivity index (χ2v) is 6.69. The Labute approximate surface area is 155 Å². The lowest BCUT2D eigenvalue weighted by Gasteiger charge is -2.36. The van der Waals surface area contributed by atoms with Crippen LogP contribution in [0.2, 0.25) is 0 Å². The van der Waals surface area contributed by atoms with Crippen molar-refractivity contribution in [3.63, 3.8) is 0 Å². The monoisotopic (exact) mass is 375 g/mol. The smallest absolute Gasteiger partial charge is 0.320 e. The molecule has 2 atom stereocenters. The van der Waals surface area contributed by atoms with E-state index < -0.39 is 6.55 Å². The summed E-state index contributed by atoms with van der Waals surface area (Å²) in [7, 11) is 0. The molecule has 1 aromatic heterocycles. The molecular weight excluding hydrogens is 355 g/mol. The summed E-state index contributed by atoms with van der Waals surface area (Å²) in [5.41, 5.74) is 1.86. The van der Waals surface area contributed by atoms with Gasteiger partial charge in [0.1, 0.15) is 11.6 Å². The average Bonchev–Trinajstić information content (AvgIpc) is 3.08. The number of imidazole rings is 1. The number of hydrogen-bond donors (Lipinski definition) is 0. The SMILES string of the molecule is C[C@H](c1nc2ccccc2n1C(F)F)N1CCO[C@H](c2ccc(F)cc2)C1. The molecule has 7 heteroatoms. The molecule has 0 amide bonds. The molecule has 4 rings (SSSR count). The zero-order chi connectivity index (χ0) is 19.0. The van der Waals surface area contributed by atoms with E-state index in [-0.39, 0.29) is 18.0 Å². The maximum absolute atomic E-state index is 13.7. The van der Waals surface area contributed by atoms with Crippen molar-refractivity contribution in [3.8, 4) is 0 Å². The van der Waals surface area contributed by atoms with E-state index in [0.717, 1.165) is 10.1 Å². The normalized spacial score (nSPS) is 19.7. The Balaban J connectivity index is 1.62. The zero-order valence-electron chi connectivity index (χ0n) is 14.9. The Kier molecular flexibility index (Phi) is 4.88. The second kappa shape index (κ2) is 7.32. The van der Waals surface area contributed by atoms with Crippen molar-refractivity contribution in [1.29, 1.82) is 0 Å². The molecule has 0 spiro atoms. The number of para-hydroxylation sites is 2. The van der Waals surface area contributed by atoms with Crippen molar-refractivity contribution in [3.05, 3.63) is 65.7 Å². The molecule has 2 heterocycles. The molecule has 0 unspecified atom stereocenters. The summed E-state index contributed by atoms with van der Waals surface area (Å²) in [6.07, 6.45) is -0.230. The van der Waals surface area contributed by atoms with E-state index in [9.17, 15) is 13.2 Å². The summed E-state index contributed by atoms with van der Waals surface area (Å²) >= 11 is 0. The molecule has 27 heavy (non-hydrogen) atoms. The number of fused-ring (bicyclic) bond motifs is 1. The summed E-state index contributed by atoms with van der Waals surface area (Å²) in [5, 5.41) is 0. The molecule has 0 saturated carbocycles. The van der Waals surface area contributed by atoms with E-state index in [1.165, 1.54) is 12.1 Å². The van der Waals surface area contributed by atoms with Gasteiger partial charge in [-0.05, 0) is 36.8 Å². The van der Waals surface area contributed by atoms with Crippen molar-refractivity contribution in [1.82, 2.24) is 14.5 Å². The van der Waals surface area contributed by atoms with E-state index in [4.69, 9.17) is 4.74 Å². The highest BCUT2D eigenvalue weighted by atomic mass is 19.3. The van der Waals surface area contributed by atoms with Gasteiger partial charge < -0.3 is 4.74 Å².